The molecule has 6 saturated carbocycles. The highest BCUT2D eigenvalue weighted by Crippen LogP contribution is 2.89. The molecule has 2 heterocycles. The van der Waals surface area contributed by atoms with Crippen LogP contribution >= 0.6 is 0 Å². The summed E-state index contributed by atoms with van der Waals surface area (Å²) in [6.45, 7) is 14.1. The fraction of sp³-hybridized carbons (Fsp3) is 0.949. The summed E-state index contributed by atoms with van der Waals surface area (Å²) in [5.41, 5.74) is 0.528. The van der Waals surface area contributed by atoms with E-state index in [0.29, 0.717) is 73.0 Å². The van der Waals surface area contributed by atoms with Crippen molar-refractivity contribution >= 4 is 11.8 Å². The maximum Gasteiger partial charge on any atom is 0.223 e. The molecule has 0 radical (unpaired) electrons. The zero-order valence-corrected chi connectivity index (χ0v) is 30.0. The lowest BCUT2D eigenvalue weighted by atomic mass is 9.41. The number of carbonyl (C=O) groups is 2. The number of fused-ring (bicyclic) bond motifs is 4. The van der Waals surface area contributed by atoms with Crippen molar-refractivity contribution in [3.8, 4) is 0 Å². The van der Waals surface area contributed by atoms with Crippen molar-refractivity contribution in [1.82, 2.24) is 10.2 Å². The van der Waals surface area contributed by atoms with Gasteiger partial charge in [0.05, 0.1) is 37.6 Å². The van der Waals surface area contributed by atoms with Crippen LogP contribution in [-0.4, -0.2) is 79.3 Å². The molecule has 264 valence electrons. The number of nitrogens with one attached hydrogen (secondary N) is 1. The first kappa shape index (κ1) is 33.0. The average molecular weight is 655 g/mol. The number of carbonyl (C=O) groups excluding carboxylic acids is 2. The summed E-state index contributed by atoms with van der Waals surface area (Å²) in [6, 6.07) is 0. The molecule has 8 aliphatic rings. The molecule has 0 aromatic carbocycles. The van der Waals surface area contributed by atoms with Gasteiger partial charge in [-0.2, -0.15) is 0 Å². The highest BCUT2D eigenvalue weighted by Gasteiger charge is 2.84. The molecule has 8 heteroatoms. The van der Waals surface area contributed by atoms with Crippen molar-refractivity contribution in [2.24, 2.45) is 56.7 Å². The molecule has 13 atom stereocenters. The number of amides is 2. The minimum atomic E-state index is -0.471. The molecular formula is C39H62N2O6. The number of hydrogen-bond donors (Lipinski definition) is 2. The Morgan fingerprint density at radius 1 is 1.00 bits per heavy atom. The fourth-order valence-corrected chi connectivity index (χ4v) is 14.0. The third-order valence-corrected chi connectivity index (χ3v) is 16.6. The molecule has 6 aliphatic carbocycles. The van der Waals surface area contributed by atoms with Gasteiger partial charge in [-0.1, -0.05) is 34.6 Å². The molecule has 2 spiro atoms. The first-order chi connectivity index (χ1) is 22.3. The zero-order valence-electron chi connectivity index (χ0n) is 30.0. The highest BCUT2D eigenvalue weighted by molar-refractivity contribution is 5.77. The molecule has 2 saturated heterocycles. The van der Waals surface area contributed by atoms with E-state index in [9.17, 15) is 14.7 Å². The Morgan fingerprint density at radius 3 is 2.49 bits per heavy atom. The van der Waals surface area contributed by atoms with Gasteiger partial charge in [-0.05, 0) is 122 Å². The minimum Gasteiger partial charge on any atom is -0.390 e. The summed E-state index contributed by atoms with van der Waals surface area (Å²) in [4.78, 5) is 26.9. The van der Waals surface area contributed by atoms with Crippen LogP contribution in [0.1, 0.15) is 118 Å². The van der Waals surface area contributed by atoms with Gasteiger partial charge in [0.1, 0.15) is 0 Å². The van der Waals surface area contributed by atoms with Gasteiger partial charge in [0.25, 0.3) is 0 Å². The van der Waals surface area contributed by atoms with E-state index in [2.05, 4.69) is 39.9 Å². The van der Waals surface area contributed by atoms with E-state index < -0.39 is 6.10 Å². The van der Waals surface area contributed by atoms with Crippen LogP contribution in [0.15, 0.2) is 0 Å². The molecule has 8 rings (SSSR count). The van der Waals surface area contributed by atoms with E-state index in [0.717, 1.165) is 19.3 Å². The maximum absolute atomic E-state index is 12.9. The summed E-state index contributed by atoms with van der Waals surface area (Å²) < 4.78 is 19.8. The van der Waals surface area contributed by atoms with Gasteiger partial charge in [-0.15, -0.1) is 0 Å². The maximum atomic E-state index is 12.9. The Labute approximate surface area is 282 Å². The van der Waals surface area contributed by atoms with Crippen LogP contribution in [-0.2, 0) is 23.8 Å². The number of aliphatic hydroxyl groups excluding tert-OH is 1. The van der Waals surface area contributed by atoms with E-state index in [1.807, 2.05) is 4.90 Å². The van der Waals surface area contributed by atoms with Gasteiger partial charge in [-0.25, -0.2) is 0 Å². The minimum absolute atomic E-state index is 0.0238. The van der Waals surface area contributed by atoms with Crippen molar-refractivity contribution in [2.75, 3.05) is 26.7 Å². The van der Waals surface area contributed by atoms with Crippen molar-refractivity contribution < 1.29 is 28.9 Å². The monoisotopic (exact) mass is 654 g/mol. The standard InChI is InChI=1S/C39H62N2O6/c1-23-19-25(9-12-29(42)40-6)46-33-32(23)36(4)15-16-39-22-38(39)14-13-28(35(2,3)26(38)10-11-27(39)37(36,5)34(33)44)47-31-21-41(17-18-45-31)30(43)20-24-7-8-24/h23-28,31-34,44H,7-22H2,1-6H3,(H,40,42)/t23-,25?,26+,27+,28+,31?,32?,33?,34+,36-,37-,38-,39?/m1/s1. The molecule has 0 aromatic rings. The molecule has 8 nitrogen and oxygen atoms in total. The molecule has 2 N–H and O–H groups in total. The van der Waals surface area contributed by atoms with Crippen molar-refractivity contribution in [2.45, 2.75) is 149 Å². The van der Waals surface area contributed by atoms with E-state index in [1.54, 1.807) is 7.05 Å². The van der Waals surface area contributed by atoms with Crippen LogP contribution in [0, 0.1) is 56.7 Å². The lowest BCUT2D eigenvalue weighted by Gasteiger charge is -2.64. The average Bonchev–Trinajstić information content (AvgIpc) is 3.96. The van der Waals surface area contributed by atoms with E-state index in [-0.39, 0.29) is 52.7 Å². The number of ether oxygens (including phenoxy) is 3. The summed E-state index contributed by atoms with van der Waals surface area (Å²) >= 11 is 0. The second-order valence-electron chi connectivity index (χ2n) is 18.8. The molecule has 2 amide bonds. The number of nitrogens with zero attached hydrogens (tertiary/aromatic N) is 1. The van der Waals surface area contributed by atoms with E-state index >= 15 is 0 Å². The Hall–Kier alpha value is -1.22. The van der Waals surface area contributed by atoms with E-state index in [4.69, 9.17) is 14.2 Å². The van der Waals surface area contributed by atoms with Gasteiger partial charge >= 0.3 is 0 Å². The number of morpholine rings is 1. The van der Waals surface area contributed by atoms with Crippen LogP contribution in [0.4, 0.5) is 0 Å². The summed E-state index contributed by atoms with van der Waals surface area (Å²) in [5.74, 6) is 2.87. The highest BCUT2D eigenvalue weighted by atomic mass is 16.7. The molecule has 2 aliphatic heterocycles. The molecule has 8 fully saturated rings. The van der Waals surface area contributed by atoms with Crippen molar-refractivity contribution in [3.05, 3.63) is 0 Å². The van der Waals surface area contributed by atoms with Crippen LogP contribution in [0.3, 0.4) is 0 Å². The second-order valence-corrected chi connectivity index (χ2v) is 18.8. The summed E-state index contributed by atoms with van der Waals surface area (Å²) in [6.07, 6.45) is 12.8. The summed E-state index contributed by atoms with van der Waals surface area (Å²) in [7, 11) is 1.70. The zero-order chi connectivity index (χ0) is 33.1. The largest absolute Gasteiger partial charge is 0.390 e. The van der Waals surface area contributed by atoms with Gasteiger partial charge in [-0.3, -0.25) is 9.59 Å². The van der Waals surface area contributed by atoms with E-state index in [1.165, 1.54) is 51.4 Å². The topological polar surface area (TPSA) is 97.3 Å². The molecule has 5 unspecified atom stereocenters. The quantitative estimate of drug-likeness (QED) is 0.366. The molecule has 0 bridgehead atoms. The fourth-order valence-electron chi connectivity index (χ4n) is 14.0. The predicted octanol–water partition coefficient (Wildman–Crippen LogP) is 5.70. The summed E-state index contributed by atoms with van der Waals surface area (Å²) in [5, 5.41) is 15.2. The molecular weight excluding hydrogens is 592 g/mol. The van der Waals surface area contributed by atoms with Crippen molar-refractivity contribution in [3.63, 3.8) is 0 Å². The van der Waals surface area contributed by atoms with Gasteiger partial charge in [0.15, 0.2) is 6.29 Å². The second kappa shape index (κ2) is 11.1. The van der Waals surface area contributed by atoms with Crippen LogP contribution in [0.5, 0.6) is 0 Å². The van der Waals surface area contributed by atoms with Crippen molar-refractivity contribution in [1.29, 1.82) is 0 Å². The smallest absolute Gasteiger partial charge is 0.223 e. The lowest BCUT2D eigenvalue weighted by molar-refractivity contribution is -0.248. The Morgan fingerprint density at radius 2 is 1.74 bits per heavy atom. The Bertz CT molecular complexity index is 1270. The first-order valence-electron chi connectivity index (χ1n) is 19.4. The number of hydrogen-bond acceptors (Lipinski definition) is 6. The number of aliphatic hydroxyl groups is 1. The first-order valence-corrected chi connectivity index (χ1v) is 19.4. The van der Waals surface area contributed by atoms with Gasteiger partial charge in [0, 0.05) is 31.8 Å². The SMILES string of the molecule is CNC(=O)CCC1C[C@@H](C)C2C(O1)[C@H](O)[C@@]1(C)[C@@H]3CC[C@H]4C(C)(C)[C@@H](OC5CN(C(=O)CC6CC6)CCO5)CC[C@@]45CC35CC[C@]21C. The van der Waals surface area contributed by atoms with Gasteiger partial charge in [0.2, 0.25) is 11.8 Å². The normalized spacial score (nSPS) is 51.1. The third-order valence-electron chi connectivity index (χ3n) is 16.6. The Balaban J connectivity index is 0.987. The molecule has 0 aromatic heterocycles. The number of rotatable bonds is 7. The molecule has 47 heavy (non-hydrogen) atoms. The Kier molecular flexibility index (Phi) is 7.81. The predicted molar refractivity (Wildman–Crippen MR) is 178 cm³/mol. The lowest BCUT2D eigenvalue weighted by Crippen LogP contribution is -2.60. The van der Waals surface area contributed by atoms with Crippen LogP contribution in [0.25, 0.3) is 0 Å². The van der Waals surface area contributed by atoms with Crippen LogP contribution < -0.4 is 5.32 Å². The van der Waals surface area contributed by atoms with Crippen LogP contribution in [0.2, 0.25) is 0 Å². The van der Waals surface area contributed by atoms with Gasteiger partial charge < -0.3 is 29.5 Å². The third kappa shape index (κ3) is 4.65.